The topological polar surface area (TPSA) is 91.5 Å². The van der Waals surface area contributed by atoms with Crippen LogP contribution in [0.4, 0.5) is 10.1 Å². The molecule has 1 aliphatic rings. The van der Waals surface area contributed by atoms with Crippen molar-refractivity contribution in [1.82, 2.24) is 19.7 Å². The molecule has 154 valence electrons. The number of β-amino-alcohol motifs (C(OH)–C–C–N with tert-alkyl or cyclic N) is 1. The second-order valence-corrected chi connectivity index (χ2v) is 8.69. The van der Waals surface area contributed by atoms with Crippen molar-refractivity contribution in [2.75, 3.05) is 18.4 Å². The molecule has 0 aliphatic carbocycles. The fourth-order valence-corrected chi connectivity index (χ4v) is 4.76. The molecule has 1 fully saturated rings. The standard InChI is InChI=1S/C21H20FN5O2S/c1-12-9-27-10-14(8-15(22)18(27)24-12)25-19(28)16-7-13-3-4-17(26-20(13)30-16)21(29)5-2-6-23-11-21/h3-4,7-10,23,29H,2,5-6,11H2,1H3,(H,25,28)/t21-/m0/s1. The second kappa shape index (κ2) is 7.12. The number of amides is 1. The summed E-state index contributed by atoms with van der Waals surface area (Å²) in [6.07, 6.45) is 4.86. The van der Waals surface area contributed by atoms with Crippen LogP contribution >= 0.6 is 11.3 Å². The van der Waals surface area contributed by atoms with Crippen molar-refractivity contribution < 1.29 is 14.3 Å². The summed E-state index contributed by atoms with van der Waals surface area (Å²) < 4.78 is 15.8. The number of hydrogen-bond acceptors (Lipinski definition) is 6. The van der Waals surface area contributed by atoms with Crippen LogP contribution in [0.2, 0.25) is 0 Å². The molecule has 0 radical (unpaired) electrons. The molecule has 0 aromatic carbocycles. The maximum atomic E-state index is 14.3. The lowest BCUT2D eigenvalue weighted by molar-refractivity contribution is 0.00855. The van der Waals surface area contributed by atoms with Crippen molar-refractivity contribution in [3.63, 3.8) is 0 Å². The van der Waals surface area contributed by atoms with E-state index in [9.17, 15) is 14.3 Å². The Morgan fingerprint density at radius 3 is 3.00 bits per heavy atom. The fourth-order valence-electron chi connectivity index (χ4n) is 3.84. The van der Waals surface area contributed by atoms with Crippen molar-refractivity contribution in [2.24, 2.45) is 0 Å². The van der Waals surface area contributed by atoms with Gasteiger partial charge >= 0.3 is 0 Å². The van der Waals surface area contributed by atoms with Crippen molar-refractivity contribution in [3.8, 4) is 0 Å². The number of pyridine rings is 2. The zero-order valence-electron chi connectivity index (χ0n) is 16.3. The van der Waals surface area contributed by atoms with Gasteiger partial charge in [0.2, 0.25) is 0 Å². The third kappa shape index (κ3) is 3.34. The van der Waals surface area contributed by atoms with E-state index in [0.717, 1.165) is 18.4 Å². The number of imidazole rings is 1. The zero-order valence-corrected chi connectivity index (χ0v) is 17.1. The number of rotatable bonds is 3. The average Bonchev–Trinajstić information content (AvgIpc) is 3.31. The number of anilines is 1. The van der Waals surface area contributed by atoms with Gasteiger partial charge in [-0.25, -0.2) is 14.4 Å². The minimum absolute atomic E-state index is 0.222. The molecular formula is C21H20FN5O2S. The molecule has 5 heterocycles. The Bertz CT molecular complexity index is 1280. The number of carbonyl (C=O) groups excluding carboxylic acids is 1. The van der Waals surface area contributed by atoms with E-state index in [2.05, 4.69) is 20.6 Å². The number of fused-ring (bicyclic) bond motifs is 2. The van der Waals surface area contributed by atoms with Gasteiger partial charge in [0.05, 0.1) is 22.0 Å². The van der Waals surface area contributed by atoms with Gasteiger partial charge in [-0.2, -0.15) is 0 Å². The van der Waals surface area contributed by atoms with Crippen LogP contribution in [0, 0.1) is 12.7 Å². The van der Waals surface area contributed by atoms with E-state index >= 15 is 0 Å². The number of aliphatic hydroxyl groups is 1. The molecule has 1 atom stereocenters. The lowest BCUT2D eigenvalue weighted by Crippen LogP contribution is -2.43. The summed E-state index contributed by atoms with van der Waals surface area (Å²) in [5.74, 6) is -0.842. The van der Waals surface area contributed by atoms with E-state index in [1.54, 1.807) is 29.8 Å². The summed E-state index contributed by atoms with van der Waals surface area (Å²) in [4.78, 5) is 22.6. The van der Waals surface area contributed by atoms with Crippen molar-refractivity contribution >= 4 is 38.8 Å². The van der Waals surface area contributed by atoms with E-state index in [1.807, 2.05) is 12.1 Å². The molecule has 4 aromatic heterocycles. The minimum atomic E-state index is -0.991. The average molecular weight is 425 g/mol. The van der Waals surface area contributed by atoms with Crippen LogP contribution < -0.4 is 10.6 Å². The van der Waals surface area contributed by atoms with Gasteiger partial charge in [0.1, 0.15) is 10.4 Å². The zero-order chi connectivity index (χ0) is 20.9. The van der Waals surface area contributed by atoms with Crippen LogP contribution in [0.25, 0.3) is 15.9 Å². The Morgan fingerprint density at radius 2 is 2.20 bits per heavy atom. The number of nitrogens with zero attached hydrogens (tertiary/aromatic N) is 3. The van der Waals surface area contributed by atoms with E-state index in [0.29, 0.717) is 39.7 Å². The molecule has 4 aromatic rings. The first-order chi connectivity index (χ1) is 14.4. The monoisotopic (exact) mass is 425 g/mol. The predicted molar refractivity (Wildman–Crippen MR) is 113 cm³/mol. The number of halogens is 1. The van der Waals surface area contributed by atoms with Gasteiger partial charge in [-0.1, -0.05) is 0 Å². The Morgan fingerprint density at radius 1 is 1.33 bits per heavy atom. The highest BCUT2D eigenvalue weighted by Gasteiger charge is 2.32. The van der Waals surface area contributed by atoms with Gasteiger partial charge in [0, 0.05) is 30.4 Å². The number of nitrogens with one attached hydrogen (secondary N) is 2. The molecule has 0 saturated carbocycles. The molecule has 30 heavy (non-hydrogen) atoms. The molecular weight excluding hydrogens is 405 g/mol. The second-order valence-electron chi connectivity index (χ2n) is 7.66. The van der Waals surface area contributed by atoms with Gasteiger partial charge in [0.15, 0.2) is 11.5 Å². The number of aryl methyl sites for hydroxylation is 1. The number of hydrogen-bond donors (Lipinski definition) is 3. The van der Waals surface area contributed by atoms with Crippen LogP contribution in [-0.4, -0.2) is 38.5 Å². The lowest BCUT2D eigenvalue weighted by Gasteiger charge is -2.32. The summed E-state index contributed by atoms with van der Waals surface area (Å²) in [5, 5.41) is 17.7. The Labute approximate surface area is 175 Å². The molecule has 3 N–H and O–H groups in total. The summed E-state index contributed by atoms with van der Waals surface area (Å²) >= 11 is 1.25. The fraction of sp³-hybridized carbons (Fsp3) is 0.286. The highest BCUT2D eigenvalue weighted by Crippen LogP contribution is 2.31. The first-order valence-electron chi connectivity index (χ1n) is 9.72. The lowest BCUT2D eigenvalue weighted by atomic mass is 9.90. The SMILES string of the molecule is Cc1cn2cc(NC(=O)c3cc4ccc([C@]5(O)CCCNC5)nc4s3)cc(F)c2n1. The number of aromatic nitrogens is 3. The molecule has 1 saturated heterocycles. The minimum Gasteiger partial charge on any atom is -0.382 e. The molecule has 1 amide bonds. The third-order valence-electron chi connectivity index (χ3n) is 5.33. The first-order valence-corrected chi connectivity index (χ1v) is 10.5. The Kier molecular flexibility index (Phi) is 4.53. The largest absolute Gasteiger partial charge is 0.382 e. The number of piperidine rings is 1. The van der Waals surface area contributed by atoms with Crippen LogP contribution in [-0.2, 0) is 5.60 Å². The Balaban J connectivity index is 1.42. The van der Waals surface area contributed by atoms with E-state index in [-0.39, 0.29) is 11.6 Å². The number of thiophene rings is 1. The van der Waals surface area contributed by atoms with Crippen molar-refractivity contribution in [3.05, 3.63) is 58.7 Å². The van der Waals surface area contributed by atoms with Gasteiger partial charge in [0.25, 0.3) is 5.91 Å². The molecule has 0 bridgehead atoms. The van der Waals surface area contributed by atoms with Gasteiger partial charge < -0.3 is 20.1 Å². The molecule has 9 heteroatoms. The van der Waals surface area contributed by atoms with Crippen LogP contribution in [0.5, 0.6) is 0 Å². The molecule has 0 spiro atoms. The summed E-state index contributed by atoms with van der Waals surface area (Å²) in [5.41, 5.74) is 0.877. The maximum absolute atomic E-state index is 14.3. The van der Waals surface area contributed by atoms with E-state index < -0.39 is 11.4 Å². The summed E-state index contributed by atoms with van der Waals surface area (Å²) in [7, 11) is 0. The highest BCUT2D eigenvalue weighted by atomic mass is 32.1. The third-order valence-corrected chi connectivity index (χ3v) is 6.37. The molecule has 5 rings (SSSR count). The van der Waals surface area contributed by atoms with Crippen molar-refractivity contribution in [1.29, 1.82) is 0 Å². The van der Waals surface area contributed by atoms with Gasteiger partial charge in [-0.3, -0.25) is 4.79 Å². The summed E-state index contributed by atoms with van der Waals surface area (Å²) in [6.45, 7) is 3.13. The molecule has 7 nitrogen and oxygen atoms in total. The van der Waals surface area contributed by atoms with Crippen LogP contribution in [0.1, 0.15) is 33.9 Å². The summed E-state index contributed by atoms with van der Waals surface area (Å²) in [6, 6.07) is 6.70. The van der Waals surface area contributed by atoms with E-state index in [1.165, 1.54) is 17.4 Å². The van der Waals surface area contributed by atoms with Gasteiger partial charge in [-0.05, 0) is 44.5 Å². The molecule has 1 aliphatic heterocycles. The Hall–Kier alpha value is -2.88. The smallest absolute Gasteiger partial charge is 0.265 e. The normalized spacial score (nSPS) is 19.4. The van der Waals surface area contributed by atoms with Crippen LogP contribution in [0.15, 0.2) is 36.7 Å². The van der Waals surface area contributed by atoms with Gasteiger partial charge in [-0.15, -0.1) is 11.3 Å². The maximum Gasteiger partial charge on any atom is 0.265 e. The predicted octanol–water partition coefficient (Wildman–Crippen LogP) is 3.21. The van der Waals surface area contributed by atoms with Crippen molar-refractivity contribution in [2.45, 2.75) is 25.4 Å². The first kappa shape index (κ1) is 19.1. The number of carbonyl (C=O) groups is 1. The quantitative estimate of drug-likeness (QED) is 0.469. The highest BCUT2D eigenvalue weighted by molar-refractivity contribution is 7.20. The molecule has 0 unspecified atom stereocenters. The van der Waals surface area contributed by atoms with E-state index in [4.69, 9.17) is 0 Å². The van der Waals surface area contributed by atoms with Crippen LogP contribution in [0.3, 0.4) is 0 Å².